The summed E-state index contributed by atoms with van der Waals surface area (Å²) in [5, 5.41) is 5.03. The maximum absolute atomic E-state index is 12.7. The van der Waals surface area contributed by atoms with Gasteiger partial charge in [-0.3, -0.25) is 9.59 Å². The number of fused-ring (bicyclic) bond motifs is 1. The molecule has 0 atom stereocenters. The highest BCUT2D eigenvalue weighted by Crippen LogP contribution is 2.29. The first kappa shape index (κ1) is 17.6. The SMILES string of the molecule is O=C(c1cc(=O)c2ccccc2o1)N1CC(c2nc(-c3cccc(Cl)c3)no2)C1. The minimum Gasteiger partial charge on any atom is -0.451 e. The summed E-state index contributed by atoms with van der Waals surface area (Å²) in [6.07, 6.45) is 0. The van der Waals surface area contributed by atoms with E-state index in [9.17, 15) is 9.59 Å². The second-order valence-corrected chi connectivity index (χ2v) is 7.28. The number of amides is 1. The van der Waals surface area contributed by atoms with Crippen molar-refractivity contribution in [1.29, 1.82) is 0 Å². The molecular weight excluding hydrogens is 394 g/mol. The molecule has 0 radical (unpaired) electrons. The molecule has 29 heavy (non-hydrogen) atoms. The highest BCUT2D eigenvalue weighted by molar-refractivity contribution is 6.30. The summed E-state index contributed by atoms with van der Waals surface area (Å²) < 4.78 is 11.0. The van der Waals surface area contributed by atoms with Crippen LogP contribution in [0.3, 0.4) is 0 Å². The molecule has 1 saturated heterocycles. The Hall–Kier alpha value is -3.45. The van der Waals surface area contributed by atoms with E-state index < -0.39 is 0 Å². The van der Waals surface area contributed by atoms with Gasteiger partial charge in [-0.1, -0.05) is 41.0 Å². The zero-order valence-electron chi connectivity index (χ0n) is 15.0. The third-order valence-electron chi connectivity index (χ3n) is 4.89. The molecule has 5 rings (SSSR count). The van der Waals surface area contributed by atoms with Crippen molar-refractivity contribution < 1.29 is 13.7 Å². The van der Waals surface area contributed by atoms with Gasteiger partial charge in [-0.2, -0.15) is 4.98 Å². The van der Waals surface area contributed by atoms with E-state index in [2.05, 4.69) is 10.1 Å². The van der Waals surface area contributed by atoms with Crippen LogP contribution in [0.5, 0.6) is 0 Å². The smallest absolute Gasteiger partial charge is 0.289 e. The standard InChI is InChI=1S/C21H14ClN3O4/c22-14-5-3-4-12(8-14)19-23-20(29-24-19)13-10-25(11-13)21(27)18-9-16(26)15-6-1-2-7-17(15)28-18/h1-9,13H,10-11H2. The molecule has 0 saturated carbocycles. The molecule has 144 valence electrons. The van der Waals surface area contributed by atoms with E-state index in [0.717, 1.165) is 5.56 Å². The maximum Gasteiger partial charge on any atom is 0.289 e. The number of likely N-dealkylation sites (tertiary alicyclic amines) is 1. The topological polar surface area (TPSA) is 89.4 Å². The number of hydrogen-bond donors (Lipinski definition) is 0. The van der Waals surface area contributed by atoms with Crippen LogP contribution in [0.15, 0.2) is 68.3 Å². The van der Waals surface area contributed by atoms with Crippen LogP contribution in [0.4, 0.5) is 0 Å². The van der Waals surface area contributed by atoms with Gasteiger partial charge >= 0.3 is 0 Å². The Balaban J connectivity index is 1.31. The third-order valence-corrected chi connectivity index (χ3v) is 5.12. The second-order valence-electron chi connectivity index (χ2n) is 6.84. The number of nitrogens with zero attached hydrogens (tertiary/aromatic N) is 3. The van der Waals surface area contributed by atoms with E-state index in [0.29, 0.717) is 40.8 Å². The van der Waals surface area contributed by atoms with Crippen molar-refractivity contribution in [3.63, 3.8) is 0 Å². The highest BCUT2D eigenvalue weighted by Gasteiger charge is 2.37. The number of halogens is 1. The van der Waals surface area contributed by atoms with Crippen molar-refractivity contribution in [3.05, 3.63) is 81.5 Å². The summed E-state index contributed by atoms with van der Waals surface area (Å²) in [5.74, 6) is 0.541. The van der Waals surface area contributed by atoms with E-state index in [1.54, 1.807) is 41.3 Å². The average molecular weight is 408 g/mol. The maximum atomic E-state index is 12.7. The van der Waals surface area contributed by atoms with Gasteiger partial charge in [0, 0.05) is 29.7 Å². The summed E-state index contributed by atoms with van der Waals surface area (Å²) >= 11 is 6.00. The van der Waals surface area contributed by atoms with Crippen LogP contribution in [0.1, 0.15) is 22.4 Å². The van der Waals surface area contributed by atoms with E-state index >= 15 is 0 Å². The lowest BCUT2D eigenvalue weighted by Crippen LogP contribution is -2.48. The molecule has 2 aromatic carbocycles. The average Bonchev–Trinajstić information content (AvgIpc) is 3.16. The molecule has 0 spiro atoms. The predicted molar refractivity (Wildman–Crippen MR) is 106 cm³/mol. The van der Waals surface area contributed by atoms with Crippen LogP contribution in [-0.2, 0) is 0 Å². The number of benzene rings is 2. The van der Waals surface area contributed by atoms with Gasteiger partial charge in [-0.05, 0) is 24.3 Å². The predicted octanol–water partition coefficient (Wildman–Crippen LogP) is 3.74. The number of aromatic nitrogens is 2. The molecular formula is C21H14ClN3O4. The van der Waals surface area contributed by atoms with Gasteiger partial charge in [-0.25, -0.2) is 0 Å². The van der Waals surface area contributed by atoms with Crippen LogP contribution >= 0.6 is 11.6 Å². The van der Waals surface area contributed by atoms with Crippen molar-refractivity contribution in [2.24, 2.45) is 0 Å². The normalized spacial score (nSPS) is 14.2. The van der Waals surface area contributed by atoms with Crippen LogP contribution in [-0.4, -0.2) is 34.0 Å². The van der Waals surface area contributed by atoms with E-state index in [-0.39, 0.29) is 23.0 Å². The zero-order chi connectivity index (χ0) is 20.0. The summed E-state index contributed by atoms with van der Waals surface area (Å²) in [7, 11) is 0. The molecule has 1 aliphatic heterocycles. The molecule has 1 fully saturated rings. The van der Waals surface area contributed by atoms with Gasteiger partial charge in [0.25, 0.3) is 5.91 Å². The van der Waals surface area contributed by atoms with Crippen LogP contribution in [0, 0.1) is 0 Å². The zero-order valence-corrected chi connectivity index (χ0v) is 15.8. The molecule has 4 aromatic rings. The Morgan fingerprint density at radius 3 is 2.76 bits per heavy atom. The minimum absolute atomic E-state index is 0.0253. The molecule has 7 nitrogen and oxygen atoms in total. The molecule has 0 bridgehead atoms. The molecule has 0 aliphatic carbocycles. The lowest BCUT2D eigenvalue weighted by atomic mass is 9.99. The van der Waals surface area contributed by atoms with E-state index in [1.807, 2.05) is 12.1 Å². The summed E-state index contributed by atoms with van der Waals surface area (Å²) in [4.78, 5) is 30.9. The van der Waals surface area contributed by atoms with Gasteiger partial charge in [0.2, 0.25) is 11.7 Å². The van der Waals surface area contributed by atoms with Crippen LogP contribution < -0.4 is 5.43 Å². The van der Waals surface area contributed by atoms with Crippen LogP contribution in [0.25, 0.3) is 22.4 Å². The van der Waals surface area contributed by atoms with Crippen LogP contribution in [0.2, 0.25) is 5.02 Å². The number of rotatable bonds is 3. The lowest BCUT2D eigenvalue weighted by molar-refractivity contribution is 0.0537. The minimum atomic E-state index is -0.335. The quantitative estimate of drug-likeness (QED) is 0.514. The molecule has 1 amide bonds. The molecule has 2 aromatic heterocycles. The number of carbonyl (C=O) groups excluding carboxylic acids is 1. The van der Waals surface area contributed by atoms with Crippen molar-refractivity contribution in [2.75, 3.05) is 13.1 Å². The number of hydrogen-bond acceptors (Lipinski definition) is 6. The Kier molecular flexibility index (Phi) is 4.17. The fourth-order valence-corrected chi connectivity index (χ4v) is 3.50. The first-order valence-electron chi connectivity index (χ1n) is 9.00. The van der Waals surface area contributed by atoms with Gasteiger partial charge in [0.15, 0.2) is 11.2 Å². The molecule has 3 heterocycles. The van der Waals surface area contributed by atoms with Gasteiger partial charge in [0.05, 0.1) is 11.3 Å². The van der Waals surface area contributed by atoms with Gasteiger partial charge in [-0.15, -0.1) is 0 Å². The third kappa shape index (κ3) is 3.19. The lowest BCUT2D eigenvalue weighted by Gasteiger charge is -2.36. The van der Waals surface area contributed by atoms with E-state index in [4.69, 9.17) is 20.5 Å². The fraction of sp³-hybridized carbons (Fsp3) is 0.143. The summed E-state index contributed by atoms with van der Waals surface area (Å²) in [6.45, 7) is 0.819. The van der Waals surface area contributed by atoms with Crippen molar-refractivity contribution in [3.8, 4) is 11.4 Å². The van der Waals surface area contributed by atoms with E-state index in [1.165, 1.54) is 6.07 Å². The van der Waals surface area contributed by atoms with Crippen molar-refractivity contribution >= 4 is 28.5 Å². The molecule has 0 unspecified atom stereocenters. The summed E-state index contributed by atoms with van der Waals surface area (Å²) in [5.41, 5.74) is 0.913. The van der Waals surface area contributed by atoms with Crippen molar-refractivity contribution in [1.82, 2.24) is 15.0 Å². The van der Waals surface area contributed by atoms with Crippen molar-refractivity contribution in [2.45, 2.75) is 5.92 Å². The number of carbonyl (C=O) groups is 1. The summed E-state index contributed by atoms with van der Waals surface area (Å²) in [6, 6.07) is 15.3. The largest absolute Gasteiger partial charge is 0.451 e. The first-order valence-corrected chi connectivity index (χ1v) is 9.38. The van der Waals surface area contributed by atoms with Gasteiger partial charge in [0.1, 0.15) is 5.58 Å². The second kappa shape index (κ2) is 6.86. The Morgan fingerprint density at radius 2 is 1.93 bits per heavy atom. The fourth-order valence-electron chi connectivity index (χ4n) is 3.31. The monoisotopic (exact) mass is 407 g/mol. The first-order chi connectivity index (χ1) is 14.1. The number of para-hydroxylation sites is 1. The highest BCUT2D eigenvalue weighted by atomic mass is 35.5. The Morgan fingerprint density at radius 1 is 1.10 bits per heavy atom. The molecule has 0 N–H and O–H groups in total. The Labute approximate surface area is 169 Å². The van der Waals surface area contributed by atoms with Gasteiger partial charge < -0.3 is 13.8 Å². The Bertz CT molecular complexity index is 1290. The molecule has 1 aliphatic rings. The molecule has 8 heteroatoms.